The van der Waals surface area contributed by atoms with E-state index in [2.05, 4.69) is 10.3 Å². The number of benzene rings is 1. The van der Waals surface area contributed by atoms with Gasteiger partial charge in [-0.3, -0.25) is 4.79 Å². The molecule has 134 valence electrons. The molecular weight excluding hydrogens is 340 g/mol. The van der Waals surface area contributed by atoms with E-state index in [-0.39, 0.29) is 18.1 Å². The lowest BCUT2D eigenvalue weighted by atomic mass is 10.1. The van der Waals surface area contributed by atoms with E-state index in [1.165, 1.54) is 0 Å². The molecule has 2 N–H and O–H groups in total. The Morgan fingerprint density at radius 3 is 2.88 bits per heavy atom. The topological polar surface area (TPSA) is 63.4 Å². The summed E-state index contributed by atoms with van der Waals surface area (Å²) in [5.41, 5.74) is 3.12. The molecule has 0 saturated carbocycles. The Bertz CT molecular complexity index is 699. The van der Waals surface area contributed by atoms with Crippen LogP contribution in [0.1, 0.15) is 18.5 Å². The molecule has 2 heterocycles. The molecule has 0 aliphatic carbocycles. The van der Waals surface area contributed by atoms with Crippen LogP contribution in [0.4, 0.5) is 0 Å². The van der Waals surface area contributed by atoms with Gasteiger partial charge >= 0.3 is 0 Å². The van der Waals surface area contributed by atoms with Crippen molar-refractivity contribution in [3.8, 4) is 11.3 Å². The molecule has 1 aromatic heterocycles. The maximum absolute atomic E-state index is 12.2. The van der Waals surface area contributed by atoms with Crippen LogP contribution in [0.15, 0.2) is 36.4 Å². The highest BCUT2D eigenvalue weighted by atomic mass is 35.5. The van der Waals surface area contributed by atoms with Crippen LogP contribution in [0.5, 0.6) is 0 Å². The summed E-state index contributed by atoms with van der Waals surface area (Å²) in [6, 6.07) is 11.6. The molecule has 5 nitrogen and oxygen atoms in total. The summed E-state index contributed by atoms with van der Waals surface area (Å²) >= 11 is 5.92. The van der Waals surface area contributed by atoms with E-state index < -0.39 is 0 Å². The summed E-state index contributed by atoms with van der Waals surface area (Å²) in [4.78, 5) is 15.6. The lowest BCUT2D eigenvalue weighted by Gasteiger charge is -2.31. The van der Waals surface area contributed by atoms with Crippen molar-refractivity contribution in [2.75, 3.05) is 20.3 Å². The number of aromatic amines is 1. The van der Waals surface area contributed by atoms with Crippen molar-refractivity contribution in [1.29, 1.82) is 0 Å². The molecule has 3 rings (SSSR count). The third kappa shape index (κ3) is 4.84. The highest BCUT2D eigenvalue weighted by Crippen LogP contribution is 2.21. The molecule has 0 unspecified atom stereocenters. The van der Waals surface area contributed by atoms with Crippen molar-refractivity contribution in [2.45, 2.75) is 31.4 Å². The fourth-order valence-electron chi connectivity index (χ4n) is 3.05. The summed E-state index contributed by atoms with van der Waals surface area (Å²) in [6.45, 7) is 1.19. The van der Waals surface area contributed by atoms with Gasteiger partial charge in [-0.15, -0.1) is 0 Å². The van der Waals surface area contributed by atoms with Crippen LogP contribution in [-0.2, 0) is 20.7 Å². The number of amides is 1. The van der Waals surface area contributed by atoms with E-state index in [1.807, 2.05) is 36.4 Å². The van der Waals surface area contributed by atoms with Crippen LogP contribution in [0, 0.1) is 0 Å². The summed E-state index contributed by atoms with van der Waals surface area (Å²) in [5.74, 6) is 0.0141. The fourth-order valence-corrected chi connectivity index (χ4v) is 3.17. The number of aryl methyl sites for hydroxylation is 1. The third-order valence-electron chi connectivity index (χ3n) is 4.47. The molecular formula is C19H23ClN2O3. The predicted molar refractivity (Wildman–Crippen MR) is 97.7 cm³/mol. The molecule has 0 radical (unpaired) electrons. The first kappa shape index (κ1) is 18.0. The second-order valence-corrected chi connectivity index (χ2v) is 6.65. The Hall–Kier alpha value is -1.82. The van der Waals surface area contributed by atoms with E-state index in [9.17, 15) is 4.79 Å². The van der Waals surface area contributed by atoms with Crippen LogP contribution < -0.4 is 5.32 Å². The molecule has 2 aromatic rings. The van der Waals surface area contributed by atoms with Gasteiger partial charge in [0.2, 0.25) is 5.91 Å². The lowest BCUT2D eigenvalue weighted by Crippen LogP contribution is -2.50. The molecule has 0 spiro atoms. The first-order valence-corrected chi connectivity index (χ1v) is 8.87. The number of nitrogens with one attached hydrogen (secondary N) is 2. The zero-order chi connectivity index (χ0) is 17.6. The number of halogens is 1. The van der Waals surface area contributed by atoms with Crippen molar-refractivity contribution in [3.05, 3.63) is 47.1 Å². The zero-order valence-corrected chi connectivity index (χ0v) is 15.0. The van der Waals surface area contributed by atoms with E-state index in [4.69, 9.17) is 21.1 Å². The maximum atomic E-state index is 12.2. The van der Waals surface area contributed by atoms with Crippen molar-refractivity contribution in [3.63, 3.8) is 0 Å². The van der Waals surface area contributed by atoms with Gasteiger partial charge < -0.3 is 19.8 Å². The van der Waals surface area contributed by atoms with Gasteiger partial charge in [0.25, 0.3) is 0 Å². The smallest absolute Gasteiger partial charge is 0.220 e. The van der Waals surface area contributed by atoms with Crippen LogP contribution >= 0.6 is 11.6 Å². The summed E-state index contributed by atoms with van der Waals surface area (Å²) < 4.78 is 10.8. The monoisotopic (exact) mass is 362 g/mol. The minimum absolute atomic E-state index is 0.0141. The molecule has 2 atom stereocenters. The minimum Gasteiger partial charge on any atom is -0.379 e. The Morgan fingerprint density at radius 2 is 2.12 bits per heavy atom. The van der Waals surface area contributed by atoms with E-state index >= 15 is 0 Å². The van der Waals surface area contributed by atoms with E-state index in [1.54, 1.807) is 7.11 Å². The van der Waals surface area contributed by atoms with Gasteiger partial charge in [0, 0.05) is 36.5 Å². The standard InChI is InChI=1S/C19H23ClN2O3/c1-24-18-10-11-25-12-17(18)22-19(23)9-7-15-6-8-16(21-15)13-2-4-14(20)5-3-13/h2-6,8,17-18,21H,7,9-12H2,1H3,(H,22,23)/t17-,18-/m1/s1. The largest absolute Gasteiger partial charge is 0.379 e. The quantitative estimate of drug-likeness (QED) is 0.829. The number of methoxy groups -OCH3 is 1. The zero-order valence-electron chi connectivity index (χ0n) is 14.3. The SMILES string of the molecule is CO[C@@H]1CCOC[C@H]1NC(=O)CCc1ccc(-c2ccc(Cl)cc2)[nH]1. The molecule has 1 amide bonds. The first-order valence-electron chi connectivity index (χ1n) is 8.49. The molecule has 1 aromatic carbocycles. The summed E-state index contributed by atoms with van der Waals surface area (Å²) in [5, 5.41) is 3.73. The highest BCUT2D eigenvalue weighted by Gasteiger charge is 2.26. The third-order valence-corrected chi connectivity index (χ3v) is 4.72. The second kappa shape index (κ2) is 8.52. The van der Waals surface area contributed by atoms with Gasteiger partial charge in [0.1, 0.15) is 0 Å². The van der Waals surface area contributed by atoms with Crippen LogP contribution in [-0.4, -0.2) is 43.4 Å². The minimum atomic E-state index is -0.0699. The summed E-state index contributed by atoms with van der Waals surface area (Å²) in [7, 11) is 1.67. The van der Waals surface area contributed by atoms with Gasteiger partial charge in [-0.25, -0.2) is 0 Å². The average molecular weight is 363 g/mol. The van der Waals surface area contributed by atoms with Gasteiger partial charge in [-0.2, -0.15) is 0 Å². The molecule has 1 saturated heterocycles. The Kier molecular flexibility index (Phi) is 6.13. The lowest BCUT2D eigenvalue weighted by molar-refractivity contribution is -0.125. The molecule has 25 heavy (non-hydrogen) atoms. The maximum Gasteiger partial charge on any atom is 0.220 e. The number of hydrogen-bond acceptors (Lipinski definition) is 3. The van der Waals surface area contributed by atoms with E-state index in [0.717, 1.165) is 23.4 Å². The van der Waals surface area contributed by atoms with Gasteiger partial charge in [-0.05, 0) is 42.7 Å². The van der Waals surface area contributed by atoms with Gasteiger partial charge in [-0.1, -0.05) is 23.7 Å². The molecule has 1 fully saturated rings. The Labute approximate surface area is 152 Å². The number of aromatic nitrogens is 1. The molecule has 1 aliphatic heterocycles. The summed E-state index contributed by atoms with van der Waals surface area (Å²) in [6.07, 6.45) is 1.92. The Morgan fingerprint density at radius 1 is 1.32 bits per heavy atom. The predicted octanol–water partition coefficient (Wildman–Crippen LogP) is 3.19. The van der Waals surface area contributed by atoms with Crippen LogP contribution in [0.25, 0.3) is 11.3 Å². The van der Waals surface area contributed by atoms with Crippen molar-refractivity contribution >= 4 is 17.5 Å². The fraction of sp³-hybridized carbons (Fsp3) is 0.421. The number of carbonyl (C=O) groups is 1. The number of ether oxygens (including phenoxy) is 2. The normalized spacial score (nSPS) is 20.4. The van der Waals surface area contributed by atoms with Crippen LogP contribution in [0.3, 0.4) is 0 Å². The number of H-pyrrole nitrogens is 1. The number of rotatable bonds is 6. The van der Waals surface area contributed by atoms with Gasteiger partial charge in [0.05, 0.1) is 18.8 Å². The first-order chi connectivity index (χ1) is 12.2. The second-order valence-electron chi connectivity index (χ2n) is 6.22. The molecule has 6 heteroatoms. The number of carbonyl (C=O) groups excluding carboxylic acids is 1. The van der Waals surface area contributed by atoms with Gasteiger partial charge in [0.15, 0.2) is 0 Å². The highest BCUT2D eigenvalue weighted by molar-refractivity contribution is 6.30. The molecule has 1 aliphatic rings. The van der Waals surface area contributed by atoms with Crippen molar-refractivity contribution < 1.29 is 14.3 Å². The van der Waals surface area contributed by atoms with Crippen molar-refractivity contribution in [2.24, 2.45) is 0 Å². The molecule has 0 bridgehead atoms. The van der Waals surface area contributed by atoms with Crippen molar-refractivity contribution in [1.82, 2.24) is 10.3 Å². The number of hydrogen-bond donors (Lipinski definition) is 2. The van der Waals surface area contributed by atoms with Crippen LogP contribution in [0.2, 0.25) is 5.02 Å². The Balaban J connectivity index is 1.51. The average Bonchev–Trinajstić information content (AvgIpc) is 3.10. The van der Waals surface area contributed by atoms with E-state index in [0.29, 0.717) is 31.1 Å².